The predicted octanol–water partition coefficient (Wildman–Crippen LogP) is 4.18. The molecule has 6 nitrogen and oxygen atoms in total. The van der Waals surface area contributed by atoms with E-state index < -0.39 is 0 Å². The van der Waals surface area contributed by atoms with Gasteiger partial charge in [0.25, 0.3) is 5.91 Å². The summed E-state index contributed by atoms with van der Waals surface area (Å²) in [5, 5.41) is 7.91. The number of rotatable bonds is 5. The molecule has 0 unspecified atom stereocenters. The van der Waals surface area contributed by atoms with Crippen molar-refractivity contribution in [2.45, 2.75) is 40.2 Å². The Balaban J connectivity index is 1.85. The molecule has 3 aromatic rings. The maximum Gasteiger partial charge on any atom is 0.255 e. The van der Waals surface area contributed by atoms with Crippen LogP contribution < -0.4 is 5.32 Å². The van der Waals surface area contributed by atoms with Gasteiger partial charge in [-0.2, -0.15) is 5.10 Å². The van der Waals surface area contributed by atoms with Gasteiger partial charge in [0, 0.05) is 5.02 Å². The SMILES string of the molecule is Cc1nc(CNC(=O)c2cnn(-c3ccc(Cl)cc3)c2C(C)C)oc1C. The summed E-state index contributed by atoms with van der Waals surface area (Å²) in [7, 11) is 0. The molecule has 2 aromatic heterocycles. The topological polar surface area (TPSA) is 73.0 Å². The van der Waals surface area contributed by atoms with Crippen molar-refractivity contribution in [3.8, 4) is 5.69 Å². The molecule has 0 saturated heterocycles. The highest BCUT2D eigenvalue weighted by Gasteiger charge is 2.21. The summed E-state index contributed by atoms with van der Waals surface area (Å²) in [4.78, 5) is 17.0. The van der Waals surface area contributed by atoms with Crippen LogP contribution >= 0.6 is 11.6 Å². The van der Waals surface area contributed by atoms with Gasteiger partial charge in [0.1, 0.15) is 5.76 Å². The first-order valence-electron chi connectivity index (χ1n) is 8.41. The van der Waals surface area contributed by atoms with Gasteiger partial charge in [0.05, 0.1) is 35.4 Å². The number of amides is 1. The Hall–Kier alpha value is -2.60. The molecule has 26 heavy (non-hydrogen) atoms. The standard InChI is InChI=1S/C19H21ClN4O2/c1-11(2)18-16(9-22-24(18)15-7-5-14(20)6-8-15)19(25)21-10-17-23-12(3)13(4)26-17/h5-9,11H,10H2,1-4H3,(H,21,25). The average molecular weight is 373 g/mol. The third-order valence-corrected chi connectivity index (χ3v) is 4.39. The van der Waals surface area contributed by atoms with Gasteiger partial charge in [-0.15, -0.1) is 0 Å². The lowest BCUT2D eigenvalue weighted by atomic mass is 10.1. The second kappa shape index (κ2) is 7.33. The fraction of sp³-hybridized carbons (Fsp3) is 0.316. The van der Waals surface area contributed by atoms with Crippen LogP contribution in [0.25, 0.3) is 5.69 Å². The van der Waals surface area contributed by atoms with Gasteiger partial charge in [-0.3, -0.25) is 4.79 Å². The zero-order chi connectivity index (χ0) is 18.8. The monoisotopic (exact) mass is 372 g/mol. The van der Waals surface area contributed by atoms with Crippen LogP contribution in [-0.2, 0) is 6.54 Å². The van der Waals surface area contributed by atoms with Crippen LogP contribution in [0.3, 0.4) is 0 Å². The first-order chi connectivity index (χ1) is 12.4. The van der Waals surface area contributed by atoms with E-state index in [4.69, 9.17) is 16.0 Å². The second-order valence-electron chi connectivity index (χ2n) is 6.42. The summed E-state index contributed by atoms with van der Waals surface area (Å²) in [5.74, 6) is 1.15. The van der Waals surface area contributed by atoms with Crippen molar-refractivity contribution in [3.63, 3.8) is 0 Å². The molecule has 0 atom stereocenters. The summed E-state index contributed by atoms with van der Waals surface area (Å²) in [6.45, 7) is 8.01. The van der Waals surface area contributed by atoms with E-state index in [0.717, 1.165) is 22.8 Å². The normalized spacial score (nSPS) is 11.2. The highest BCUT2D eigenvalue weighted by atomic mass is 35.5. The second-order valence-corrected chi connectivity index (χ2v) is 6.85. The van der Waals surface area contributed by atoms with Crippen molar-refractivity contribution in [2.24, 2.45) is 0 Å². The van der Waals surface area contributed by atoms with Gasteiger partial charge in [-0.05, 0) is 44.0 Å². The van der Waals surface area contributed by atoms with Crippen LogP contribution in [0.2, 0.25) is 5.02 Å². The van der Waals surface area contributed by atoms with Crippen molar-refractivity contribution in [2.75, 3.05) is 0 Å². The van der Waals surface area contributed by atoms with Gasteiger partial charge < -0.3 is 9.73 Å². The Kier molecular flexibility index (Phi) is 5.13. The maximum atomic E-state index is 12.7. The highest BCUT2D eigenvalue weighted by molar-refractivity contribution is 6.30. The maximum absolute atomic E-state index is 12.7. The summed E-state index contributed by atoms with van der Waals surface area (Å²) >= 11 is 5.96. The molecule has 3 rings (SSSR count). The summed E-state index contributed by atoms with van der Waals surface area (Å²) in [6, 6.07) is 7.35. The van der Waals surface area contributed by atoms with Crippen LogP contribution in [0.4, 0.5) is 0 Å². The highest BCUT2D eigenvalue weighted by Crippen LogP contribution is 2.24. The molecule has 1 amide bonds. The lowest BCUT2D eigenvalue weighted by Crippen LogP contribution is -2.24. The molecule has 0 radical (unpaired) electrons. The largest absolute Gasteiger partial charge is 0.444 e. The number of aryl methyl sites for hydroxylation is 2. The predicted molar refractivity (Wildman–Crippen MR) is 99.8 cm³/mol. The Morgan fingerprint density at radius 3 is 2.54 bits per heavy atom. The lowest BCUT2D eigenvalue weighted by Gasteiger charge is -2.13. The van der Waals surface area contributed by atoms with Gasteiger partial charge >= 0.3 is 0 Å². The molecule has 0 bridgehead atoms. The first-order valence-corrected chi connectivity index (χ1v) is 8.79. The van der Waals surface area contributed by atoms with E-state index in [1.807, 2.05) is 39.8 Å². The molecule has 1 N–H and O–H groups in total. The first kappa shape index (κ1) is 18.2. The molecule has 1 aromatic carbocycles. The number of carbonyl (C=O) groups is 1. The van der Waals surface area contributed by atoms with E-state index in [0.29, 0.717) is 16.5 Å². The van der Waals surface area contributed by atoms with Crippen molar-refractivity contribution >= 4 is 17.5 Å². The number of nitrogens with zero attached hydrogens (tertiary/aromatic N) is 3. The zero-order valence-electron chi connectivity index (χ0n) is 15.2. The number of benzene rings is 1. The van der Waals surface area contributed by atoms with Crippen LogP contribution in [0.15, 0.2) is 34.9 Å². The number of hydrogen-bond acceptors (Lipinski definition) is 4. The van der Waals surface area contributed by atoms with Crippen molar-refractivity contribution in [3.05, 3.63) is 64.1 Å². The number of carbonyl (C=O) groups excluding carboxylic acids is 1. The molecule has 7 heteroatoms. The summed E-state index contributed by atoms with van der Waals surface area (Å²) in [6.07, 6.45) is 1.59. The number of oxazole rings is 1. The van der Waals surface area contributed by atoms with Gasteiger partial charge in [-0.1, -0.05) is 25.4 Å². The molecule has 2 heterocycles. The molecule has 0 aliphatic heterocycles. The Labute approximate surface area is 157 Å². The molecule has 0 spiro atoms. The number of hydrogen-bond donors (Lipinski definition) is 1. The minimum Gasteiger partial charge on any atom is -0.444 e. The van der Waals surface area contributed by atoms with Crippen LogP contribution in [-0.4, -0.2) is 20.7 Å². The Bertz CT molecular complexity index is 906. The number of halogens is 1. The minimum absolute atomic E-state index is 0.111. The molecule has 0 aliphatic carbocycles. The third-order valence-electron chi connectivity index (χ3n) is 4.14. The molecule has 0 fully saturated rings. The third kappa shape index (κ3) is 3.65. The van der Waals surface area contributed by atoms with Gasteiger partial charge in [0.2, 0.25) is 5.89 Å². The fourth-order valence-corrected chi connectivity index (χ4v) is 2.87. The van der Waals surface area contributed by atoms with E-state index in [2.05, 4.69) is 15.4 Å². The van der Waals surface area contributed by atoms with Gasteiger partial charge in [0.15, 0.2) is 0 Å². The lowest BCUT2D eigenvalue weighted by molar-refractivity contribution is 0.0945. The van der Waals surface area contributed by atoms with Crippen LogP contribution in [0, 0.1) is 13.8 Å². The molecule has 136 valence electrons. The van der Waals surface area contributed by atoms with E-state index in [1.165, 1.54) is 0 Å². The van der Waals surface area contributed by atoms with Crippen molar-refractivity contribution in [1.82, 2.24) is 20.1 Å². The molecule has 0 aliphatic rings. The van der Waals surface area contributed by atoms with E-state index in [9.17, 15) is 4.79 Å². The minimum atomic E-state index is -0.206. The molecular weight excluding hydrogens is 352 g/mol. The summed E-state index contributed by atoms with van der Waals surface area (Å²) < 4.78 is 7.28. The summed E-state index contributed by atoms with van der Waals surface area (Å²) in [5.41, 5.74) is 3.06. The fourth-order valence-electron chi connectivity index (χ4n) is 2.74. The Morgan fingerprint density at radius 1 is 1.27 bits per heavy atom. The van der Waals surface area contributed by atoms with E-state index in [-0.39, 0.29) is 18.4 Å². The van der Waals surface area contributed by atoms with E-state index in [1.54, 1.807) is 23.0 Å². The van der Waals surface area contributed by atoms with Crippen LogP contribution in [0.1, 0.15) is 53.2 Å². The molecular formula is C19H21ClN4O2. The van der Waals surface area contributed by atoms with E-state index >= 15 is 0 Å². The smallest absolute Gasteiger partial charge is 0.255 e. The quantitative estimate of drug-likeness (QED) is 0.729. The Morgan fingerprint density at radius 2 is 1.96 bits per heavy atom. The number of nitrogens with one attached hydrogen (secondary N) is 1. The number of aromatic nitrogens is 3. The van der Waals surface area contributed by atoms with Crippen molar-refractivity contribution < 1.29 is 9.21 Å². The average Bonchev–Trinajstić information content (AvgIpc) is 3.17. The molecule has 0 saturated carbocycles. The van der Waals surface area contributed by atoms with Crippen LogP contribution in [0.5, 0.6) is 0 Å². The zero-order valence-corrected chi connectivity index (χ0v) is 16.0. The van der Waals surface area contributed by atoms with Gasteiger partial charge in [-0.25, -0.2) is 9.67 Å². The van der Waals surface area contributed by atoms with Crippen molar-refractivity contribution in [1.29, 1.82) is 0 Å².